The summed E-state index contributed by atoms with van der Waals surface area (Å²) in [4.78, 5) is 25.0. The number of hydrogen-bond acceptors (Lipinski definition) is 7. The van der Waals surface area contributed by atoms with Crippen molar-refractivity contribution in [2.75, 3.05) is 32.2 Å². The molecule has 0 radical (unpaired) electrons. The number of nitro benzene ring substituents is 1. The molecule has 9 heteroatoms. The second-order valence-electron chi connectivity index (χ2n) is 6.82. The smallest absolute Gasteiger partial charge is 0.273 e. The van der Waals surface area contributed by atoms with Gasteiger partial charge in [0, 0.05) is 36.3 Å². The number of nitrogens with one attached hydrogen (secondary N) is 1. The molecule has 0 unspecified atom stereocenters. The van der Waals surface area contributed by atoms with Crippen LogP contribution in [0.15, 0.2) is 41.5 Å². The molecule has 1 saturated heterocycles. The quantitative estimate of drug-likeness (QED) is 0.406. The Labute approximate surface area is 174 Å². The van der Waals surface area contributed by atoms with E-state index in [9.17, 15) is 14.9 Å². The van der Waals surface area contributed by atoms with Crippen molar-refractivity contribution in [2.45, 2.75) is 19.3 Å². The van der Waals surface area contributed by atoms with Crippen molar-refractivity contribution < 1.29 is 19.2 Å². The molecule has 0 saturated carbocycles. The fourth-order valence-corrected chi connectivity index (χ4v) is 3.44. The minimum absolute atomic E-state index is 0.0967. The van der Waals surface area contributed by atoms with Gasteiger partial charge in [-0.1, -0.05) is 18.2 Å². The largest absolute Gasteiger partial charge is 0.496 e. The third-order valence-corrected chi connectivity index (χ3v) is 4.91. The van der Waals surface area contributed by atoms with Gasteiger partial charge in [0.05, 0.1) is 37.5 Å². The molecule has 1 N–H and O–H groups in total. The van der Waals surface area contributed by atoms with Gasteiger partial charge in [0.15, 0.2) is 0 Å². The van der Waals surface area contributed by atoms with Crippen molar-refractivity contribution in [1.29, 1.82) is 0 Å². The van der Waals surface area contributed by atoms with Gasteiger partial charge in [-0.2, -0.15) is 5.10 Å². The summed E-state index contributed by atoms with van der Waals surface area (Å²) in [6, 6.07) is 9.84. The van der Waals surface area contributed by atoms with E-state index in [1.165, 1.54) is 12.3 Å². The van der Waals surface area contributed by atoms with Gasteiger partial charge in [0.25, 0.3) is 5.69 Å². The molecule has 158 valence electrons. The van der Waals surface area contributed by atoms with E-state index >= 15 is 0 Å². The third-order valence-electron chi connectivity index (χ3n) is 4.91. The Hall–Kier alpha value is -3.62. The van der Waals surface area contributed by atoms with Crippen LogP contribution in [0.1, 0.15) is 24.0 Å². The van der Waals surface area contributed by atoms with Crippen molar-refractivity contribution >= 4 is 23.5 Å². The monoisotopic (exact) mass is 412 g/mol. The fraction of sp³-hybridized carbons (Fsp3) is 0.333. The molecule has 2 aromatic rings. The Balaban J connectivity index is 1.72. The molecule has 9 nitrogen and oxygen atoms in total. The molecule has 0 aromatic heterocycles. The van der Waals surface area contributed by atoms with Gasteiger partial charge < -0.3 is 14.4 Å². The summed E-state index contributed by atoms with van der Waals surface area (Å²) >= 11 is 0. The zero-order valence-electron chi connectivity index (χ0n) is 17.0. The van der Waals surface area contributed by atoms with Gasteiger partial charge in [-0.3, -0.25) is 14.9 Å². The minimum Gasteiger partial charge on any atom is -0.496 e. The van der Waals surface area contributed by atoms with E-state index in [4.69, 9.17) is 9.47 Å². The molecule has 3 rings (SSSR count). The van der Waals surface area contributed by atoms with Gasteiger partial charge in [-0.25, -0.2) is 5.43 Å². The Morgan fingerprint density at radius 1 is 1.20 bits per heavy atom. The maximum atomic E-state index is 12.2. The molecule has 0 spiro atoms. The predicted octanol–water partition coefficient (Wildman–Crippen LogP) is 2.91. The van der Waals surface area contributed by atoms with Crippen LogP contribution in [-0.4, -0.2) is 44.4 Å². The molecule has 0 atom stereocenters. The average molecular weight is 412 g/mol. The van der Waals surface area contributed by atoms with E-state index in [0.717, 1.165) is 31.6 Å². The number of carbonyl (C=O) groups excluding carboxylic acids is 1. The van der Waals surface area contributed by atoms with E-state index in [-0.39, 0.29) is 12.1 Å². The van der Waals surface area contributed by atoms with Gasteiger partial charge in [0.1, 0.15) is 11.5 Å². The number of rotatable bonds is 8. The highest BCUT2D eigenvalue weighted by Crippen LogP contribution is 2.36. The normalized spacial score (nSPS) is 13.5. The highest BCUT2D eigenvalue weighted by atomic mass is 16.6. The number of nitrogens with zero attached hydrogens (tertiary/aromatic N) is 3. The summed E-state index contributed by atoms with van der Waals surface area (Å²) in [5.74, 6) is 0.847. The van der Waals surface area contributed by atoms with Crippen molar-refractivity contribution in [3.8, 4) is 11.5 Å². The molecule has 1 amide bonds. The van der Waals surface area contributed by atoms with E-state index in [2.05, 4.69) is 15.4 Å². The van der Waals surface area contributed by atoms with Crippen LogP contribution in [0, 0.1) is 10.1 Å². The number of hydrazone groups is 1. The average Bonchev–Trinajstić information content (AvgIpc) is 3.28. The maximum absolute atomic E-state index is 12.2. The number of ether oxygens (including phenoxy) is 2. The number of para-hydroxylation sites is 1. The molecule has 1 heterocycles. The number of methoxy groups -OCH3 is 2. The number of benzene rings is 2. The molecule has 0 bridgehead atoms. The highest BCUT2D eigenvalue weighted by Gasteiger charge is 2.19. The van der Waals surface area contributed by atoms with Crippen LogP contribution in [0.2, 0.25) is 0 Å². The molecular weight excluding hydrogens is 388 g/mol. The zero-order valence-corrected chi connectivity index (χ0v) is 17.0. The van der Waals surface area contributed by atoms with E-state index in [0.29, 0.717) is 22.6 Å². The van der Waals surface area contributed by atoms with E-state index in [1.807, 2.05) is 12.1 Å². The lowest BCUT2D eigenvalue weighted by Gasteiger charge is -2.22. The molecule has 0 aliphatic carbocycles. The Morgan fingerprint density at radius 2 is 1.90 bits per heavy atom. The maximum Gasteiger partial charge on any atom is 0.273 e. The Bertz CT molecular complexity index is 954. The van der Waals surface area contributed by atoms with E-state index < -0.39 is 10.8 Å². The number of hydrogen-bond donors (Lipinski definition) is 1. The summed E-state index contributed by atoms with van der Waals surface area (Å²) in [5, 5.41) is 15.1. The summed E-state index contributed by atoms with van der Waals surface area (Å²) in [7, 11) is 3.18. The predicted molar refractivity (Wildman–Crippen MR) is 114 cm³/mol. The molecule has 30 heavy (non-hydrogen) atoms. The molecule has 1 aliphatic rings. The Morgan fingerprint density at radius 3 is 2.57 bits per heavy atom. The van der Waals surface area contributed by atoms with E-state index in [1.54, 1.807) is 32.4 Å². The summed E-state index contributed by atoms with van der Waals surface area (Å²) in [5.41, 5.74) is 4.24. The summed E-state index contributed by atoms with van der Waals surface area (Å²) in [6.45, 7) is 1.93. The number of nitro groups is 1. The van der Waals surface area contributed by atoms with Crippen molar-refractivity contribution in [2.24, 2.45) is 5.10 Å². The van der Waals surface area contributed by atoms with Crippen molar-refractivity contribution in [1.82, 2.24) is 5.43 Å². The van der Waals surface area contributed by atoms with Crippen LogP contribution >= 0.6 is 0 Å². The standard InChI is InChI=1S/C21H24N4O5/c1-29-19-13-18(24-9-5-6-10-24)20(30-2)11-16(19)14-22-23-21(26)12-15-7-3-4-8-17(15)25(27)28/h3-4,7-8,11,13-14H,5-6,9-10,12H2,1-2H3,(H,23,26). The SMILES string of the molecule is COc1cc(N2CCCC2)c(OC)cc1C=NNC(=O)Cc1ccccc1[N+](=O)[O-]. The first-order valence-electron chi connectivity index (χ1n) is 9.58. The van der Waals surface area contributed by atoms with Crippen LogP contribution in [0.4, 0.5) is 11.4 Å². The van der Waals surface area contributed by atoms with Gasteiger partial charge in [-0.05, 0) is 18.9 Å². The molecule has 2 aromatic carbocycles. The number of amides is 1. The lowest BCUT2D eigenvalue weighted by atomic mass is 10.1. The first-order chi connectivity index (χ1) is 14.5. The van der Waals surface area contributed by atoms with Gasteiger partial charge in [-0.15, -0.1) is 0 Å². The summed E-state index contributed by atoms with van der Waals surface area (Å²) in [6.07, 6.45) is 3.59. The van der Waals surface area contributed by atoms with Crippen LogP contribution in [0.3, 0.4) is 0 Å². The van der Waals surface area contributed by atoms with Crippen LogP contribution < -0.4 is 19.8 Å². The number of anilines is 1. The van der Waals surface area contributed by atoms with Crippen LogP contribution in [0.25, 0.3) is 0 Å². The number of carbonyl (C=O) groups is 1. The lowest BCUT2D eigenvalue weighted by Crippen LogP contribution is -2.20. The van der Waals surface area contributed by atoms with Gasteiger partial charge >= 0.3 is 0 Å². The molecular formula is C21H24N4O5. The second kappa shape index (κ2) is 9.73. The first-order valence-corrected chi connectivity index (χ1v) is 9.58. The second-order valence-corrected chi connectivity index (χ2v) is 6.82. The fourth-order valence-electron chi connectivity index (χ4n) is 3.44. The molecule has 1 aliphatic heterocycles. The van der Waals surface area contributed by atoms with Crippen molar-refractivity contribution in [3.63, 3.8) is 0 Å². The van der Waals surface area contributed by atoms with Crippen LogP contribution in [0.5, 0.6) is 11.5 Å². The highest BCUT2D eigenvalue weighted by molar-refractivity contribution is 5.88. The minimum atomic E-state index is -0.509. The zero-order chi connectivity index (χ0) is 21.5. The third kappa shape index (κ3) is 4.86. The van der Waals surface area contributed by atoms with Crippen LogP contribution in [-0.2, 0) is 11.2 Å². The van der Waals surface area contributed by atoms with Gasteiger partial charge in [0.2, 0.25) is 5.91 Å². The topological polar surface area (TPSA) is 106 Å². The molecule has 1 fully saturated rings. The summed E-state index contributed by atoms with van der Waals surface area (Å²) < 4.78 is 11.0. The van der Waals surface area contributed by atoms with Crippen molar-refractivity contribution in [3.05, 3.63) is 57.6 Å². The lowest BCUT2D eigenvalue weighted by molar-refractivity contribution is -0.385. The Kier molecular flexibility index (Phi) is 6.84. The first kappa shape index (κ1) is 21.1.